The summed E-state index contributed by atoms with van der Waals surface area (Å²) < 4.78 is 0. The number of nitrogens with one attached hydrogen (secondary N) is 2. The third-order valence-electron chi connectivity index (χ3n) is 3.22. The van der Waals surface area contributed by atoms with Crippen LogP contribution in [0.1, 0.15) is 37.8 Å². The topological polar surface area (TPSA) is 163 Å². The molecule has 2 amide bonds. The van der Waals surface area contributed by atoms with Crippen molar-refractivity contribution in [3.63, 3.8) is 0 Å². The largest absolute Gasteiger partial charge is 0.481 e. The van der Waals surface area contributed by atoms with Gasteiger partial charge in [-0.1, -0.05) is 32.0 Å². The number of nitrogens with zero attached hydrogens (tertiary/aromatic N) is 1. The molecule has 0 aromatic heterocycles. The van der Waals surface area contributed by atoms with Crippen molar-refractivity contribution in [1.82, 2.24) is 5.32 Å². The Hall–Kier alpha value is -3.30. The number of carbonyl (C=O) groups is 3. The molecule has 0 spiro atoms. The third kappa shape index (κ3) is 10.3. The lowest BCUT2D eigenvalue weighted by Gasteiger charge is -2.14. The second kappa shape index (κ2) is 13.0. The average molecular weight is 382 g/mol. The van der Waals surface area contributed by atoms with Gasteiger partial charge in [-0.3, -0.25) is 14.9 Å². The van der Waals surface area contributed by atoms with Crippen LogP contribution in [0.15, 0.2) is 23.4 Å². The van der Waals surface area contributed by atoms with Crippen molar-refractivity contribution < 1.29 is 29.4 Å². The van der Waals surface area contributed by atoms with Crippen molar-refractivity contribution in [2.45, 2.75) is 39.5 Å². The van der Waals surface area contributed by atoms with E-state index in [0.29, 0.717) is 0 Å². The van der Waals surface area contributed by atoms with Crippen LogP contribution in [0.25, 0.3) is 0 Å². The highest BCUT2D eigenvalue weighted by Gasteiger charge is 2.10. The highest BCUT2D eigenvalue weighted by atomic mass is 16.6. The summed E-state index contributed by atoms with van der Waals surface area (Å²) in [5.41, 5.74) is 8.42. The maximum atomic E-state index is 11.8. The maximum Gasteiger partial charge on any atom is 0.326 e. The predicted molar refractivity (Wildman–Crippen MR) is 100 cm³/mol. The summed E-state index contributed by atoms with van der Waals surface area (Å²) in [5.74, 6) is -2.24. The van der Waals surface area contributed by atoms with Gasteiger partial charge >= 0.3 is 18.0 Å². The van der Waals surface area contributed by atoms with Gasteiger partial charge in [-0.05, 0) is 29.1 Å². The number of aryl methyl sites for hydroxylation is 2. The molecule has 1 aromatic carbocycles. The molecule has 0 bridgehead atoms. The first-order valence-electron chi connectivity index (χ1n) is 8.24. The van der Waals surface area contributed by atoms with Crippen molar-refractivity contribution >= 4 is 29.6 Å². The van der Waals surface area contributed by atoms with Crippen LogP contribution >= 0.6 is 0 Å². The average Bonchev–Trinajstić information content (AvgIpc) is 2.60. The van der Waals surface area contributed by atoms with E-state index in [0.717, 1.165) is 29.7 Å². The summed E-state index contributed by atoms with van der Waals surface area (Å²) in [5, 5.41) is 24.4. The summed E-state index contributed by atoms with van der Waals surface area (Å²) in [6.07, 6.45) is 1.08. The van der Waals surface area contributed by atoms with Crippen LogP contribution in [0.3, 0.4) is 0 Å². The number of para-hydroxylation sites is 1. The molecular formula is C17H26N4O6. The lowest BCUT2D eigenvalue weighted by atomic mass is 10.0. The van der Waals surface area contributed by atoms with Gasteiger partial charge in [0.15, 0.2) is 0 Å². The minimum absolute atomic E-state index is 0.0907. The Morgan fingerprint density at radius 3 is 1.93 bits per heavy atom. The van der Waals surface area contributed by atoms with Crippen LogP contribution in [0, 0.1) is 0 Å². The number of rotatable bonds is 7. The van der Waals surface area contributed by atoms with E-state index in [-0.39, 0.29) is 18.8 Å². The molecule has 10 heteroatoms. The number of hydrogen-bond acceptors (Lipinski definition) is 5. The van der Waals surface area contributed by atoms with Gasteiger partial charge in [0.2, 0.25) is 5.96 Å². The Morgan fingerprint density at radius 1 is 1.07 bits per heavy atom. The van der Waals surface area contributed by atoms with Crippen LogP contribution in [-0.2, 0) is 27.3 Å². The van der Waals surface area contributed by atoms with Crippen LogP contribution in [0.2, 0.25) is 0 Å². The number of guanidine groups is 1. The van der Waals surface area contributed by atoms with Gasteiger partial charge in [0.05, 0.1) is 12.8 Å². The highest BCUT2D eigenvalue weighted by Crippen LogP contribution is 2.22. The molecule has 0 radical (unpaired) electrons. The van der Waals surface area contributed by atoms with Crippen molar-refractivity contribution in [2.75, 3.05) is 12.4 Å². The summed E-state index contributed by atoms with van der Waals surface area (Å²) >= 11 is 0. The Balaban J connectivity index is 0.000000713. The smallest absolute Gasteiger partial charge is 0.326 e. The fourth-order valence-corrected chi connectivity index (χ4v) is 2.00. The van der Waals surface area contributed by atoms with E-state index in [1.165, 1.54) is 7.11 Å². The zero-order chi connectivity index (χ0) is 20.8. The number of carboxylic acid groups (broad SMARTS) is 2. The third-order valence-corrected chi connectivity index (χ3v) is 3.22. The van der Waals surface area contributed by atoms with Crippen LogP contribution in [-0.4, -0.2) is 41.3 Å². The van der Waals surface area contributed by atoms with E-state index in [1.54, 1.807) is 0 Å². The molecule has 0 unspecified atom stereocenters. The molecule has 10 nitrogen and oxygen atoms in total. The Kier molecular flexibility index (Phi) is 11.4. The molecule has 0 aliphatic heterocycles. The van der Waals surface area contributed by atoms with E-state index < -0.39 is 18.0 Å². The van der Waals surface area contributed by atoms with E-state index in [4.69, 9.17) is 15.9 Å². The first-order chi connectivity index (χ1) is 12.7. The van der Waals surface area contributed by atoms with Gasteiger partial charge in [-0.25, -0.2) is 4.79 Å². The van der Waals surface area contributed by atoms with E-state index in [1.807, 2.05) is 32.0 Å². The number of anilines is 1. The molecule has 0 saturated heterocycles. The highest BCUT2D eigenvalue weighted by molar-refractivity contribution is 6.02. The van der Waals surface area contributed by atoms with Gasteiger partial charge in [-0.2, -0.15) is 0 Å². The van der Waals surface area contributed by atoms with Crippen LogP contribution in [0.4, 0.5) is 10.5 Å². The van der Waals surface area contributed by atoms with E-state index >= 15 is 0 Å². The molecule has 6 N–H and O–H groups in total. The number of oxime groups is 1. The van der Waals surface area contributed by atoms with Crippen LogP contribution < -0.4 is 16.4 Å². The first-order valence-corrected chi connectivity index (χ1v) is 8.24. The Labute approximate surface area is 157 Å². The molecule has 0 fully saturated rings. The molecule has 27 heavy (non-hydrogen) atoms. The standard InChI is InChI=1S/C13H20N4O2.C4H6O4/c1-4-9-7-6-8-10(5-2)11(9)15-13(18)16-12(14)17-19-3;5-3(6)1-2-4(7)8/h6-8H,4-5H2,1-3H3,(H4,14,15,16,17,18);1-2H2,(H,5,6)(H,7,8). The van der Waals surface area contributed by atoms with Crippen molar-refractivity contribution in [2.24, 2.45) is 10.9 Å². The monoisotopic (exact) mass is 382 g/mol. The molecule has 1 aromatic rings. The molecule has 0 aliphatic carbocycles. The lowest BCUT2D eigenvalue weighted by molar-refractivity contribution is -0.143. The molecule has 150 valence electrons. The van der Waals surface area contributed by atoms with Gasteiger partial charge in [0.25, 0.3) is 0 Å². The van der Waals surface area contributed by atoms with Gasteiger partial charge in [0.1, 0.15) is 7.11 Å². The molecule has 0 saturated carbocycles. The van der Waals surface area contributed by atoms with Gasteiger partial charge in [0, 0.05) is 5.69 Å². The number of urea groups is 1. The fraction of sp³-hybridized carbons (Fsp3) is 0.412. The molecule has 1 rings (SSSR count). The van der Waals surface area contributed by atoms with Gasteiger partial charge in [-0.15, -0.1) is 0 Å². The second-order valence-corrected chi connectivity index (χ2v) is 5.18. The zero-order valence-electron chi connectivity index (χ0n) is 15.6. The molecular weight excluding hydrogens is 356 g/mol. The summed E-state index contributed by atoms with van der Waals surface area (Å²) in [6, 6.07) is 5.53. The summed E-state index contributed by atoms with van der Waals surface area (Å²) in [7, 11) is 1.36. The zero-order valence-corrected chi connectivity index (χ0v) is 15.6. The molecule has 0 heterocycles. The quantitative estimate of drug-likeness (QED) is 0.272. The number of amides is 2. The number of nitrogens with two attached hydrogens (primary N) is 1. The number of aliphatic carboxylic acids is 2. The summed E-state index contributed by atoms with van der Waals surface area (Å²) in [6.45, 7) is 4.08. The Morgan fingerprint density at radius 2 is 1.56 bits per heavy atom. The summed E-state index contributed by atoms with van der Waals surface area (Å²) in [4.78, 5) is 35.5. The van der Waals surface area contributed by atoms with Crippen LogP contribution in [0.5, 0.6) is 0 Å². The van der Waals surface area contributed by atoms with Crippen molar-refractivity contribution in [1.29, 1.82) is 0 Å². The minimum Gasteiger partial charge on any atom is -0.481 e. The minimum atomic E-state index is -1.08. The number of carboxylic acids is 2. The molecule has 0 aliphatic rings. The number of benzene rings is 1. The van der Waals surface area contributed by atoms with Gasteiger partial charge < -0.3 is 26.1 Å². The molecule has 0 atom stereocenters. The van der Waals surface area contributed by atoms with E-state index in [2.05, 4.69) is 20.6 Å². The number of carbonyl (C=O) groups excluding carboxylic acids is 1. The number of hydrogen-bond donors (Lipinski definition) is 5. The first kappa shape index (κ1) is 23.7. The maximum absolute atomic E-state index is 11.8. The van der Waals surface area contributed by atoms with Crippen molar-refractivity contribution in [3.05, 3.63) is 29.3 Å². The second-order valence-electron chi connectivity index (χ2n) is 5.18. The van der Waals surface area contributed by atoms with E-state index in [9.17, 15) is 14.4 Å². The lowest BCUT2D eigenvalue weighted by Crippen LogP contribution is -2.39. The fourth-order valence-electron chi connectivity index (χ4n) is 2.00. The Bertz CT molecular complexity index is 639. The van der Waals surface area contributed by atoms with Crippen molar-refractivity contribution in [3.8, 4) is 0 Å². The normalized spacial score (nSPS) is 10.3. The predicted octanol–water partition coefficient (Wildman–Crippen LogP) is 1.74. The SMILES string of the molecule is CCc1cccc(CC)c1NC(=O)NC(N)=NOC.O=C(O)CCC(=O)O.